The Morgan fingerprint density at radius 3 is 1.88 bits per heavy atom. The first-order chi connectivity index (χ1) is 15.8. The minimum Gasteiger partial charge on any atom is -0.393 e. The Labute approximate surface area is 190 Å². The average molecular weight is 439 g/mol. The number of nitrogens with two attached hydrogens (primary N) is 1. The summed E-state index contributed by atoms with van der Waals surface area (Å²) in [5.74, 6) is 3.21. The summed E-state index contributed by atoms with van der Waals surface area (Å²) in [4.78, 5) is 16.7. The van der Waals surface area contributed by atoms with Crippen molar-refractivity contribution < 1.29 is 9.47 Å². The molecule has 0 unspecified atom stereocenters. The van der Waals surface area contributed by atoms with Crippen LogP contribution in [0, 0.1) is 5.92 Å². The Bertz CT molecular complexity index is 876. The summed E-state index contributed by atoms with van der Waals surface area (Å²) >= 11 is 0. The molecule has 8 heteroatoms. The number of hydrogen-bond acceptors (Lipinski definition) is 8. The van der Waals surface area contributed by atoms with E-state index in [1.165, 1.54) is 5.56 Å². The lowest BCUT2D eigenvalue weighted by molar-refractivity contribution is 0.121. The highest BCUT2D eigenvalue weighted by Gasteiger charge is 2.28. The van der Waals surface area contributed by atoms with Gasteiger partial charge in [-0.15, -0.1) is 0 Å². The molecule has 3 saturated heterocycles. The largest absolute Gasteiger partial charge is 0.393 e. The summed E-state index contributed by atoms with van der Waals surface area (Å²) < 4.78 is 11.1. The summed E-state index contributed by atoms with van der Waals surface area (Å²) in [6, 6.07) is 10.8. The van der Waals surface area contributed by atoms with Crippen LogP contribution in [0.5, 0.6) is 0 Å². The van der Waals surface area contributed by atoms with Gasteiger partial charge in [-0.3, -0.25) is 0 Å². The van der Waals surface area contributed by atoms with Gasteiger partial charge in [0, 0.05) is 39.3 Å². The summed E-state index contributed by atoms with van der Waals surface area (Å²) in [5, 5.41) is 0. The standard InChI is InChI=1S/C24H34N6O2/c25-21-22(28-8-6-20(7-9-28)18-19-4-2-1-3-5-19)26-24(30-12-16-32-17-13-30)27-23(21)29-10-14-31-15-11-29/h1-5,20H,6-18,25H2. The van der Waals surface area contributed by atoms with Crippen molar-refractivity contribution in [1.82, 2.24) is 9.97 Å². The van der Waals surface area contributed by atoms with Crippen molar-refractivity contribution in [2.24, 2.45) is 5.92 Å². The van der Waals surface area contributed by atoms with E-state index in [1.54, 1.807) is 0 Å². The molecule has 8 nitrogen and oxygen atoms in total. The van der Waals surface area contributed by atoms with Crippen LogP contribution in [0.2, 0.25) is 0 Å². The van der Waals surface area contributed by atoms with Gasteiger partial charge in [0.25, 0.3) is 0 Å². The monoisotopic (exact) mass is 438 g/mol. The molecule has 0 spiro atoms. The van der Waals surface area contributed by atoms with Gasteiger partial charge in [0.05, 0.1) is 26.4 Å². The lowest BCUT2D eigenvalue weighted by Crippen LogP contribution is -2.41. The molecule has 3 aliphatic rings. The maximum Gasteiger partial charge on any atom is 0.229 e. The van der Waals surface area contributed by atoms with Gasteiger partial charge < -0.3 is 29.9 Å². The zero-order valence-corrected chi connectivity index (χ0v) is 18.8. The molecule has 0 aliphatic carbocycles. The quantitative estimate of drug-likeness (QED) is 0.761. The number of ether oxygens (including phenoxy) is 2. The first-order valence-electron chi connectivity index (χ1n) is 11.9. The Kier molecular flexibility index (Phi) is 6.59. The van der Waals surface area contributed by atoms with Gasteiger partial charge in [-0.05, 0) is 30.7 Å². The van der Waals surface area contributed by atoms with E-state index in [4.69, 9.17) is 25.2 Å². The molecular weight excluding hydrogens is 404 g/mol. The lowest BCUT2D eigenvalue weighted by Gasteiger charge is -2.36. The first-order valence-corrected chi connectivity index (χ1v) is 11.9. The molecule has 0 amide bonds. The molecule has 2 N–H and O–H groups in total. The number of anilines is 4. The molecule has 0 atom stereocenters. The van der Waals surface area contributed by atoms with E-state index in [0.29, 0.717) is 38.0 Å². The van der Waals surface area contributed by atoms with E-state index in [0.717, 1.165) is 76.1 Å². The third-order valence-corrected chi connectivity index (χ3v) is 6.78. The normalized spacial score (nSPS) is 20.6. The van der Waals surface area contributed by atoms with Crippen molar-refractivity contribution >= 4 is 23.3 Å². The van der Waals surface area contributed by atoms with Crippen molar-refractivity contribution in [3.05, 3.63) is 35.9 Å². The van der Waals surface area contributed by atoms with Crippen molar-refractivity contribution in [1.29, 1.82) is 0 Å². The minimum atomic E-state index is 0.699. The second-order valence-corrected chi connectivity index (χ2v) is 8.90. The SMILES string of the molecule is Nc1c(N2CCOCC2)nc(N2CCOCC2)nc1N1CCC(Cc2ccccc2)CC1. The Morgan fingerprint density at radius 2 is 1.28 bits per heavy atom. The fourth-order valence-electron chi connectivity index (χ4n) is 4.89. The molecule has 2 aromatic rings. The van der Waals surface area contributed by atoms with Crippen LogP contribution in [0.1, 0.15) is 18.4 Å². The lowest BCUT2D eigenvalue weighted by atomic mass is 9.90. The second-order valence-electron chi connectivity index (χ2n) is 8.90. The molecule has 5 rings (SSSR count). The number of rotatable bonds is 5. The van der Waals surface area contributed by atoms with Gasteiger partial charge in [-0.25, -0.2) is 0 Å². The minimum absolute atomic E-state index is 0.699. The average Bonchev–Trinajstić information content (AvgIpc) is 2.86. The first kappa shape index (κ1) is 21.3. The Hall–Kier alpha value is -2.58. The van der Waals surface area contributed by atoms with Crippen LogP contribution in [-0.4, -0.2) is 75.7 Å². The number of piperidine rings is 1. The number of morpholine rings is 2. The third-order valence-electron chi connectivity index (χ3n) is 6.78. The van der Waals surface area contributed by atoms with E-state index >= 15 is 0 Å². The van der Waals surface area contributed by atoms with Crippen LogP contribution in [0.15, 0.2) is 30.3 Å². The molecule has 1 aromatic carbocycles. The molecule has 4 heterocycles. The molecule has 0 saturated carbocycles. The smallest absolute Gasteiger partial charge is 0.229 e. The van der Waals surface area contributed by atoms with Crippen molar-refractivity contribution in [3.63, 3.8) is 0 Å². The number of aromatic nitrogens is 2. The Balaban J connectivity index is 1.36. The molecule has 3 aliphatic heterocycles. The van der Waals surface area contributed by atoms with E-state index in [1.807, 2.05) is 0 Å². The maximum atomic E-state index is 6.71. The highest BCUT2D eigenvalue weighted by atomic mass is 16.5. The van der Waals surface area contributed by atoms with Crippen LogP contribution in [0.25, 0.3) is 0 Å². The van der Waals surface area contributed by atoms with E-state index in [2.05, 4.69) is 45.0 Å². The summed E-state index contributed by atoms with van der Waals surface area (Å²) in [5.41, 5.74) is 8.84. The number of nitrogen functional groups attached to an aromatic ring is 1. The molecule has 1 aromatic heterocycles. The fourth-order valence-corrected chi connectivity index (χ4v) is 4.89. The van der Waals surface area contributed by atoms with Gasteiger partial charge in [-0.1, -0.05) is 30.3 Å². The van der Waals surface area contributed by atoms with Gasteiger partial charge in [-0.2, -0.15) is 9.97 Å². The van der Waals surface area contributed by atoms with Crippen LogP contribution in [0.4, 0.5) is 23.3 Å². The van der Waals surface area contributed by atoms with Gasteiger partial charge in [0.15, 0.2) is 11.6 Å². The maximum absolute atomic E-state index is 6.71. The fraction of sp³-hybridized carbons (Fsp3) is 0.583. The highest BCUT2D eigenvalue weighted by Crippen LogP contribution is 2.35. The second kappa shape index (κ2) is 9.92. The zero-order valence-electron chi connectivity index (χ0n) is 18.8. The molecule has 0 bridgehead atoms. The zero-order chi connectivity index (χ0) is 21.8. The van der Waals surface area contributed by atoms with E-state index < -0.39 is 0 Å². The van der Waals surface area contributed by atoms with Crippen molar-refractivity contribution in [3.8, 4) is 0 Å². The topological polar surface area (TPSA) is 80.0 Å². The summed E-state index contributed by atoms with van der Waals surface area (Å²) in [6.45, 7) is 8.02. The predicted molar refractivity (Wildman–Crippen MR) is 128 cm³/mol. The number of benzene rings is 1. The summed E-state index contributed by atoms with van der Waals surface area (Å²) in [7, 11) is 0. The van der Waals surface area contributed by atoms with Gasteiger partial charge >= 0.3 is 0 Å². The molecule has 172 valence electrons. The highest BCUT2D eigenvalue weighted by molar-refractivity contribution is 5.78. The van der Waals surface area contributed by atoms with Crippen LogP contribution < -0.4 is 20.4 Å². The molecular formula is C24H34N6O2. The van der Waals surface area contributed by atoms with Crippen LogP contribution >= 0.6 is 0 Å². The van der Waals surface area contributed by atoms with Crippen molar-refractivity contribution in [2.75, 3.05) is 86.1 Å². The number of nitrogens with zero attached hydrogens (tertiary/aromatic N) is 5. The van der Waals surface area contributed by atoms with Gasteiger partial charge in [0.1, 0.15) is 5.69 Å². The van der Waals surface area contributed by atoms with E-state index in [9.17, 15) is 0 Å². The Morgan fingerprint density at radius 1 is 0.750 bits per heavy atom. The molecule has 32 heavy (non-hydrogen) atoms. The van der Waals surface area contributed by atoms with Gasteiger partial charge in [0.2, 0.25) is 5.95 Å². The number of hydrogen-bond donors (Lipinski definition) is 1. The molecule has 3 fully saturated rings. The summed E-state index contributed by atoms with van der Waals surface area (Å²) in [6.07, 6.45) is 3.45. The van der Waals surface area contributed by atoms with Crippen LogP contribution in [-0.2, 0) is 15.9 Å². The predicted octanol–water partition coefficient (Wildman–Crippen LogP) is 2.19. The van der Waals surface area contributed by atoms with Crippen LogP contribution in [0.3, 0.4) is 0 Å². The van der Waals surface area contributed by atoms with E-state index in [-0.39, 0.29) is 0 Å². The van der Waals surface area contributed by atoms with Crippen molar-refractivity contribution in [2.45, 2.75) is 19.3 Å². The molecule has 0 radical (unpaired) electrons. The third kappa shape index (κ3) is 4.76.